The van der Waals surface area contributed by atoms with Crippen molar-refractivity contribution >= 4 is 21.9 Å². The van der Waals surface area contributed by atoms with Crippen molar-refractivity contribution in [1.82, 2.24) is 19.2 Å². The average molecular weight is 412 g/mol. The van der Waals surface area contributed by atoms with Crippen LogP contribution in [-0.2, 0) is 14.8 Å². The molecular weight excluding hydrogens is 382 g/mol. The molecule has 0 bridgehead atoms. The summed E-state index contributed by atoms with van der Waals surface area (Å²) in [6.45, 7) is 3.65. The van der Waals surface area contributed by atoms with E-state index in [1.54, 1.807) is 11.8 Å². The summed E-state index contributed by atoms with van der Waals surface area (Å²) in [4.78, 5) is 35.6. The van der Waals surface area contributed by atoms with Gasteiger partial charge in [0, 0.05) is 58.2 Å². The number of aromatic nitrogens is 2. The molecule has 3 rings (SSSR count). The SMILES string of the molecule is CCS(=O)(=O)N1CCC(C(=O)N2CC[C@@H](c3cc(=O)[nH]c(N(C)C)n3)C2)CC1. The Balaban J connectivity index is 1.62. The molecular formula is C18H29N5O4S. The standard InChI is InChI=1S/C18H29N5O4S/c1-4-28(26,27)23-9-6-13(7-10-23)17(25)22-8-5-14(12-22)15-11-16(24)20-18(19-15)21(2)3/h11,13-14H,4-10,12H2,1-3H3,(H,19,20,24)/t14-/m1/s1. The van der Waals surface area contributed by atoms with Crippen LogP contribution < -0.4 is 10.5 Å². The molecule has 3 heterocycles. The summed E-state index contributed by atoms with van der Waals surface area (Å²) in [5, 5.41) is 0. The molecule has 156 valence electrons. The first-order valence-electron chi connectivity index (χ1n) is 9.76. The van der Waals surface area contributed by atoms with Crippen molar-refractivity contribution in [2.45, 2.75) is 32.1 Å². The molecule has 0 aliphatic carbocycles. The Morgan fingerprint density at radius 1 is 1.25 bits per heavy atom. The number of aromatic amines is 1. The van der Waals surface area contributed by atoms with Crippen LogP contribution in [0.3, 0.4) is 0 Å². The van der Waals surface area contributed by atoms with Crippen molar-refractivity contribution in [3.8, 4) is 0 Å². The molecule has 1 amide bonds. The predicted octanol–water partition coefficient (Wildman–Crippen LogP) is 0.214. The van der Waals surface area contributed by atoms with Gasteiger partial charge in [-0.2, -0.15) is 0 Å². The van der Waals surface area contributed by atoms with Gasteiger partial charge in [-0.1, -0.05) is 0 Å². The monoisotopic (exact) mass is 411 g/mol. The Kier molecular flexibility index (Phi) is 6.09. The summed E-state index contributed by atoms with van der Waals surface area (Å²) >= 11 is 0. The van der Waals surface area contributed by atoms with Crippen LogP contribution in [0.5, 0.6) is 0 Å². The second kappa shape index (κ2) is 8.20. The van der Waals surface area contributed by atoms with Crippen molar-refractivity contribution in [2.75, 3.05) is 50.9 Å². The van der Waals surface area contributed by atoms with E-state index in [0.717, 1.165) is 6.42 Å². The van der Waals surface area contributed by atoms with Crippen LogP contribution in [0.15, 0.2) is 10.9 Å². The second-order valence-corrected chi connectivity index (χ2v) is 9.99. The number of likely N-dealkylation sites (tertiary alicyclic amines) is 1. The number of nitrogens with one attached hydrogen (secondary N) is 1. The fraction of sp³-hybridized carbons (Fsp3) is 0.722. The number of anilines is 1. The summed E-state index contributed by atoms with van der Waals surface area (Å²) in [5.41, 5.74) is 0.523. The highest BCUT2D eigenvalue weighted by Gasteiger charge is 2.35. The number of hydrogen-bond acceptors (Lipinski definition) is 6. The predicted molar refractivity (Wildman–Crippen MR) is 107 cm³/mol. The number of carbonyl (C=O) groups excluding carboxylic acids is 1. The van der Waals surface area contributed by atoms with E-state index in [1.165, 1.54) is 10.4 Å². The topological polar surface area (TPSA) is 107 Å². The van der Waals surface area contributed by atoms with Crippen LogP contribution in [0, 0.1) is 5.92 Å². The highest BCUT2D eigenvalue weighted by Crippen LogP contribution is 2.29. The van der Waals surface area contributed by atoms with Gasteiger partial charge in [-0.15, -0.1) is 0 Å². The van der Waals surface area contributed by atoms with E-state index in [9.17, 15) is 18.0 Å². The third-order valence-corrected chi connectivity index (χ3v) is 7.53. The first-order valence-corrected chi connectivity index (χ1v) is 11.4. The number of hydrogen-bond donors (Lipinski definition) is 1. The zero-order valence-electron chi connectivity index (χ0n) is 16.7. The lowest BCUT2D eigenvalue weighted by atomic mass is 9.96. The van der Waals surface area contributed by atoms with Crippen LogP contribution in [-0.4, -0.2) is 79.5 Å². The number of rotatable bonds is 5. The summed E-state index contributed by atoms with van der Waals surface area (Å²) in [5.74, 6) is 0.611. The second-order valence-electron chi connectivity index (χ2n) is 7.73. The first-order chi connectivity index (χ1) is 13.2. The van der Waals surface area contributed by atoms with Gasteiger partial charge in [0.25, 0.3) is 5.56 Å². The van der Waals surface area contributed by atoms with E-state index >= 15 is 0 Å². The zero-order chi connectivity index (χ0) is 20.5. The molecule has 0 spiro atoms. The molecule has 1 aromatic heterocycles. The van der Waals surface area contributed by atoms with Crippen molar-refractivity contribution < 1.29 is 13.2 Å². The number of sulfonamides is 1. The Labute approximate surface area is 165 Å². The highest BCUT2D eigenvalue weighted by molar-refractivity contribution is 7.89. The Hall–Kier alpha value is -1.94. The van der Waals surface area contributed by atoms with Gasteiger partial charge >= 0.3 is 0 Å². The normalized spacial score (nSPS) is 21.8. The van der Waals surface area contributed by atoms with E-state index in [1.807, 2.05) is 19.0 Å². The van der Waals surface area contributed by atoms with Gasteiger partial charge in [0.15, 0.2) is 0 Å². The van der Waals surface area contributed by atoms with E-state index in [-0.39, 0.29) is 29.1 Å². The smallest absolute Gasteiger partial charge is 0.252 e. The molecule has 2 saturated heterocycles. The van der Waals surface area contributed by atoms with E-state index in [4.69, 9.17) is 0 Å². The number of nitrogens with zero attached hydrogens (tertiary/aromatic N) is 4. The van der Waals surface area contributed by atoms with E-state index in [2.05, 4.69) is 9.97 Å². The summed E-state index contributed by atoms with van der Waals surface area (Å²) in [6.07, 6.45) is 1.90. The number of carbonyl (C=O) groups is 1. The fourth-order valence-electron chi connectivity index (χ4n) is 3.91. The zero-order valence-corrected chi connectivity index (χ0v) is 17.5. The number of amides is 1. The van der Waals surface area contributed by atoms with Crippen molar-refractivity contribution in [1.29, 1.82) is 0 Å². The largest absolute Gasteiger partial charge is 0.348 e. The molecule has 2 fully saturated rings. The lowest BCUT2D eigenvalue weighted by Gasteiger charge is -2.32. The van der Waals surface area contributed by atoms with Gasteiger partial charge in [0.2, 0.25) is 21.9 Å². The van der Waals surface area contributed by atoms with Gasteiger partial charge in [-0.25, -0.2) is 17.7 Å². The van der Waals surface area contributed by atoms with Crippen LogP contribution >= 0.6 is 0 Å². The van der Waals surface area contributed by atoms with Gasteiger partial charge in [-0.05, 0) is 26.2 Å². The molecule has 9 nitrogen and oxygen atoms in total. The quantitative estimate of drug-likeness (QED) is 0.743. The molecule has 0 radical (unpaired) electrons. The maximum absolute atomic E-state index is 12.9. The molecule has 1 atom stereocenters. The lowest BCUT2D eigenvalue weighted by molar-refractivity contribution is -0.135. The van der Waals surface area contributed by atoms with Crippen LogP contribution in [0.25, 0.3) is 0 Å². The maximum atomic E-state index is 12.9. The third-order valence-electron chi connectivity index (χ3n) is 5.65. The van der Waals surface area contributed by atoms with Crippen molar-refractivity contribution in [2.24, 2.45) is 5.92 Å². The maximum Gasteiger partial charge on any atom is 0.252 e. The average Bonchev–Trinajstić information content (AvgIpc) is 3.17. The minimum Gasteiger partial charge on any atom is -0.348 e. The fourth-order valence-corrected chi connectivity index (χ4v) is 5.04. The molecule has 2 aliphatic heterocycles. The molecule has 0 aromatic carbocycles. The minimum atomic E-state index is -3.19. The Morgan fingerprint density at radius 3 is 2.54 bits per heavy atom. The van der Waals surface area contributed by atoms with Gasteiger partial charge < -0.3 is 9.80 Å². The Morgan fingerprint density at radius 2 is 1.93 bits per heavy atom. The molecule has 10 heteroatoms. The van der Waals surface area contributed by atoms with Crippen LogP contribution in [0.2, 0.25) is 0 Å². The summed E-state index contributed by atoms with van der Waals surface area (Å²) < 4.78 is 25.5. The molecule has 0 unspecified atom stereocenters. The van der Waals surface area contributed by atoms with Crippen LogP contribution in [0.1, 0.15) is 37.8 Å². The molecule has 1 N–H and O–H groups in total. The molecule has 1 aromatic rings. The number of piperidine rings is 1. The molecule has 28 heavy (non-hydrogen) atoms. The molecule has 0 saturated carbocycles. The van der Waals surface area contributed by atoms with Crippen molar-refractivity contribution in [3.05, 3.63) is 22.1 Å². The van der Waals surface area contributed by atoms with E-state index in [0.29, 0.717) is 50.7 Å². The van der Waals surface area contributed by atoms with Crippen molar-refractivity contribution in [3.63, 3.8) is 0 Å². The lowest BCUT2D eigenvalue weighted by Crippen LogP contribution is -2.44. The van der Waals surface area contributed by atoms with Gasteiger partial charge in [-0.3, -0.25) is 14.6 Å². The highest BCUT2D eigenvalue weighted by atomic mass is 32.2. The van der Waals surface area contributed by atoms with Gasteiger partial charge in [0.05, 0.1) is 11.4 Å². The number of H-pyrrole nitrogens is 1. The summed E-state index contributed by atoms with van der Waals surface area (Å²) in [7, 11) is 0.448. The minimum absolute atomic E-state index is 0.0468. The van der Waals surface area contributed by atoms with E-state index < -0.39 is 10.0 Å². The molecule has 2 aliphatic rings. The Bertz CT molecular complexity index is 874. The first kappa shape index (κ1) is 20.8. The van der Waals surface area contributed by atoms with Gasteiger partial charge in [0.1, 0.15) is 0 Å². The van der Waals surface area contributed by atoms with Crippen LogP contribution in [0.4, 0.5) is 5.95 Å². The third kappa shape index (κ3) is 4.38. The summed E-state index contributed by atoms with van der Waals surface area (Å²) in [6, 6.07) is 1.51.